The highest BCUT2D eigenvalue weighted by Gasteiger charge is 2.13. The van der Waals surface area contributed by atoms with Gasteiger partial charge in [0.05, 0.1) is 27.3 Å². The lowest BCUT2D eigenvalue weighted by molar-refractivity contribution is -0.384. The normalized spacial score (nSPS) is 11.0. The molecule has 4 rings (SSSR count). The summed E-state index contributed by atoms with van der Waals surface area (Å²) in [5, 5.41) is 10.8. The maximum absolute atomic E-state index is 11.8. The van der Waals surface area contributed by atoms with Crippen LogP contribution in [0.3, 0.4) is 0 Å². The quantitative estimate of drug-likeness (QED) is 0.327. The van der Waals surface area contributed by atoms with E-state index in [1.165, 1.54) is 18.2 Å². The van der Waals surface area contributed by atoms with Gasteiger partial charge in [0.2, 0.25) is 0 Å². The zero-order chi connectivity index (χ0) is 17.4. The maximum Gasteiger partial charge on any atom is 0.269 e. The molecular weight excluding hydrogens is 318 g/mol. The minimum absolute atomic E-state index is 0.0556. The van der Waals surface area contributed by atoms with Crippen LogP contribution in [0, 0.1) is 10.1 Å². The number of nitro benzene ring substituents is 1. The van der Waals surface area contributed by atoms with Crippen LogP contribution in [0.25, 0.3) is 22.4 Å². The molecular formula is C19H13N3O3. The molecule has 6 heteroatoms. The lowest BCUT2D eigenvalue weighted by Crippen LogP contribution is -2.12. The van der Waals surface area contributed by atoms with Gasteiger partial charge in [-0.2, -0.15) is 0 Å². The third-order valence-corrected chi connectivity index (χ3v) is 4.14. The van der Waals surface area contributed by atoms with Crippen LogP contribution in [-0.2, 0) is 6.54 Å². The Hall–Kier alpha value is -3.54. The first-order valence-corrected chi connectivity index (χ1v) is 7.74. The molecule has 1 heterocycles. The van der Waals surface area contributed by atoms with Gasteiger partial charge in [0, 0.05) is 24.7 Å². The molecule has 25 heavy (non-hydrogen) atoms. The fraction of sp³-hybridized carbons (Fsp3) is 0.0526. The number of aromatic nitrogens is 2. The summed E-state index contributed by atoms with van der Waals surface area (Å²) in [6, 6.07) is 18.9. The number of hydrogen-bond acceptors (Lipinski definition) is 4. The number of fused-ring (bicyclic) bond motifs is 2. The molecule has 2 aromatic carbocycles. The second-order valence-electron chi connectivity index (χ2n) is 5.76. The first-order valence-electron chi connectivity index (χ1n) is 7.74. The molecule has 6 nitrogen and oxygen atoms in total. The van der Waals surface area contributed by atoms with Crippen molar-refractivity contribution < 1.29 is 4.92 Å². The Kier molecular flexibility index (Phi) is 3.50. The predicted octanol–water partition coefficient (Wildman–Crippen LogP) is 3.46. The van der Waals surface area contributed by atoms with Gasteiger partial charge >= 0.3 is 0 Å². The summed E-state index contributed by atoms with van der Waals surface area (Å²) in [7, 11) is 0. The Labute approximate surface area is 142 Å². The molecule has 0 radical (unpaired) electrons. The van der Waals surface area contributed by atoms with Crippen LogP contribution in [0.2, 0.25) is 0 Å². The smallest absolute Gasteiger partial charge is 0.269 e. The molecule has 1 aliphatic heterocycles. The van der Waals surface area contributed by atoms with Crippen molar-refractivity contribution in [3.8, 4) is 11.4 Å². The summed E-state index contributed by atoms with van der Waals surface area (Å²) in [5.41, 5.74) is 4.09. The van der Waals surface area contributed by atoms with E-state index in [1.807, 2.05) is 28.8 Å². The zero-order valence-electron chi connectivity index (χ0n) is 13.1. The third-order valence-electron chi connectivity index (χ3n) is 4.14. The number of nitro groups is 1. The summed E-state index contributed by atoms with van der Waals surface area (Å²) in [4.78, 5) is 26.8. The molecule has 0 bridgehead atoms. The molecule has 0 N–H and O–H groups in total. The molecule has 0 amide bonds. The first-order chi connectivity index (χ1) is 12.1. The summed E-state index contributed by atoms with van der Waals surface area (Å²) in [5.74, 6) is 0. The van der Waals surface area contributed by atoms with Gasteiger partial charge in [-0.15, -0.1) is 0 Å². The molecule has 2 aromatic rings. The highest BCUT2D eigenvalue weighted by molar-refractivity contribution is 5.80. The zero-order valence-corrected chi connectivity index (χ0v) is 13.1. The third kappa shape index (κ3) is 2.74. The Morgan fingerprint density at radius 1 is 1.00 bits per heavy atom. The van der Waals surface area contributed by atoms with Crippen molar-refractivity contribution in [2.45, 2.75) is 6.54 Å². The first kappa shape index (κ1) is 15.0. The van der Waals surface area contributed by atoms with Gasteiger partial charge in [-0.25, -0.2) is 4.98 Å². The number of para-hydroxylation sites is 2. The molecule has 0 unspecified atom stereocenters. The van der Waals surface area contributed by atoms with E-state index in [2.05, 4.69) is 4.98 Å². The summed E-state index contributed by atoms with van der Waals surface area (Å²) in [6.07, 6.45) is 0. The standard InChI is InChI=1S/C19H13N3O3/c23-15-9-10-17-19(11-15)21(18-4-2-1-3-16(18)20-17)12-13-5-7-14(8-6-13)22(24)25/h1-11H,12H2. The topological polar surface area (TPSA) is 78.0 Å². The molecule has 2 aliphatic rings. The second kappa shape index (κ2) is 5.83. The SMILES string of the molecule is O=c1ccc2nc3ccccc3n(Cc3ccc([N+](=O)[O-])cc3)c-2c1. The highest BCUT2D eigenvalue weighted by Crippen LogP contribution is 2.25. The van der Waals surface area contributed by atoms with E-state index in [0.717, 1.165) is 28.0 Å². The molecule has 0 spiro atoms. The highest BCUT2D eigenvalue weighted by atomic mass is 16.6. The average Bonchev–Trinajstić information content (AvgIpc) is 2.62. The van der Waals surface area contributed by atoms with Crippen molar-refractivity contribution >= 4 is 16.7 Å². The molecule has 0 fully saturated rings. The van der Waals surface area contributed by atoms with E-state index < -0.39 is 4.92 Å². The summed E-state index contributed by atoms with van der Waals surface area (Å²) in [6.45, 7) is 0.487. The molecule has 0 atom stereocenters. The molecule has 122 valence electrons. The maximum atomic E-state index is 11.8. The van der Waals surface area contributed by atoms with Crippen molar-refractivity contribution in [3.63, 3.8) is 0 Å². The molecule has 0 aromatic heterocycles. The number of hydrogen-bond donors (Lipinski definition) is 0. The van der Waals surface area contributed by atoms with Crippen molar-refractivity contribution in [2.24, 2.45) is 0 Å². The summed E-state index contributed by atoms with van der Waals surface area (Å²) < 4.78 is 2.01. The van der Waals surface area contributed by atoms with Gasteiger partial charge in [0.1, 0.15) is 0 Å². The second-order valence-corrected chi connectivity index (χ2v) is 5.76. The minimum Gasteiger partial charge on any atom is -0.333 e. The van der Waals surface area contributed by atoms with Crippen molar-refractivity contribution in [2.75, 3.05) is 0 Å². The molecule has 0 saturated heterocycles. The van der Waals surface area contributed by atoms with Crippen LogP contribution in [0.4, 0.5) is 5.69 Å². The largest absolute Gasteiger partial charge is 0.333 e. The van der Waals surface area contributed by atoms with Crippen LogP contribution in [0.1, 0.15) is 5.56 Å². The van der Waals surface area contributed by atoms with Gasteiger partial charge in [-0.1, -0.05) is 24.3 Å². The van der Waals surface area contributed by atoms with Crippen LogP contribution in [0.15, 0.2) is 71.5 Å². The Morgan fingerprint density at radius 2 is 1.76 bits per heavy atom. The minimum atomic E-state index is -0.419. The van der Waals surface area contributed by atoms with E-state index >= 15 is 0 Å². The van der Waals surface area contributed by atoms with Gasteiger partial charge in [-0.05, 0) is 29.8 Å². The average molecular weight is 331 g/mol. The van der Waals surface area contributed by atoms with Crippen LogP contribution >= 0.6 is 0 Å². The number of rotatable bonds is 3. The predicted molar refractivity (Wildman–Crippen MR) is 94.8 cm³/mol. The number of nitrogens with zero attached hydrogens (tertiary/aromatic N) is 3. The Morgan fingerprint density at radius 3 is 2.52 bits per heavy atom. The van der Waals surface area contributed by atoms with E-state index in [9.17, 15) is 14.9 Å². The lowest BCUT2D eigenvalue weighted by Gasteiger charge is -2.18. The van der Waals surface area contributed by atoms with Gasteiger partial charge in [-0.3, -0.25) is 14.9 Å². The van der Waals surface area contributed by atoms with Crippen molar-refractivity contribution in [1.29, 1.82) is 0 Å². The number of non-ortho nitro benzene ring substituents is 1. The Balaban J connectivity index is 1.90. The van der Waals surface area contributed by atoms with E-state index in [1.54, 1.807) is 24.3 Å². The van der Waals surface area contributed by atoms with Crippen LogP contribution in [0.5, 0.6) is 0 Å². The lowest BCUT2D eigenvalue weighted by atomic mass is 10.1. The number of benzene rings is 3. The molecule has 1 aliphatic carbocycles. The van der Waals surface area contributed by atoms with Gasteiger partial charge < -0.3 is 4.57 Å². The fourth-order valence-corrected chi connectivity index (χ4v) is 2.94. The van der Waals surface area contributed by atoms with E-state index in [4.69, 9.17) is 0 Å². The molecule has 0 saturated carbocycles. The van der Waals surface area contributed by atoms with E-state index in [0.29, 0.717) is 6.54 Å². The van der Waals surface area contributed by atoms with Crippen molar-refractivity contribution in [3.05, 3.63) is 92.6 Å². The van der Waals surface area contributed by atoms with Crippen molar-refractivity contribution in [1.82, 2.24) is 9.55 Å². The van der Waals surface area contributed by atoms with Gasteiger partial charge in [0.25, 0.3) is 5.69 Å². The monoisotopic (exact) mass is 331 g/mol. The van der Waals surface area contributed by atoms with Crippen LogP contribution in [-0.4, -0.2) is 14.5 Å². The summed E-state index contributed by atoms with van der Waals surface area (Å²) >= 11 is 0. The van der Waals surface area contributed by atoms with Gasteiger partial charge in [0.15, 0.2) is 5.43 Å². The fourth-order valence-electron chi connectivity index (χ4n) is 2.94. The van der Waals surface area contributed by atoms with E-state index in [-0.39, 0.29) is 11.1 Å². The van der Waals surface area contributed by atoms with Crippen LogP contribution < -0.4 is 5.43 Å². The Bertz CT molecular complexity index is 1120.